The van der Waals surface area contributed by atoms with E-state index in [1.165, 1.54) is 0 Å². The molecule has 0 saturated carbocycles. The van der Waals surface area contributed by atoms with Gasteiger partial charge in [-0.2, -0.15) is 5.10 Å². The van der Waals surface area contributed by atoms with Gasteiger partial charge in [0.15, 0.2) is 0 Å². The fourth-order valence-corrected chi connectivity index (χ4v) is 1.75. The van der Waals surface area contributed by atoms with Gasteiger partial charge in [0, 0.05) is 25.4 Å². The molecule has 2 rings (SSSR count). The van der Waals surface area contributed by atoms with E-state index < -0.39 is 24.9 Å². The topological polar surface area (TPSA) is 59.0 Å². The maximum atomic E-state index is 12.8. The van der Waals surface area contributed by atoms with Crippen LogP contribution in [0.4, 0.5) is 8.78 Å². The van der Waals surface area contributed by atoms with Crippen LogP contribution in [0.2, 0.25) is 0 Å². The van der Waals surface area contributed by atoms with Crippen LogP contribution in [0.3, 0.4) is 0 Å². The van der Waals surface area contributed by atoms with Gasteiger partial charge in [-0.1, -0.05) is 0 Å². The zero-order valence-corrected chi connectivity index (χ0v) is 9.20. The van der Waals surface area contributed by atoms with E-state index in [-0.39, 0.29) is 5.91 Å². The molecule has 0 aliphatic carbocycles. The Morgan fingerprint density at radius 2 is 2.47 bits per heavy atom. The summed E-state index contributed by atoms with van der Waals surface area (Å²) in [5.41, 5.74) is 0. The van der Waals surface area contributed by atoms with Gasteiger partial charge in [0.1, 0.15) is 0 Å². The molecule has 0 spiro atoms. The molecule has 17 heavy (non-hydrogen) atoms. The minimum Gasteiger partial charge on any atom is -0.353 e. The molecule has 1 aromatic heterocycles. The van der Waals surface area contributed by atoms with Crippen molar-refractivity contribution in [3.8, 4) is 0 Å². The number of halogens is 2. The van der Waals surface area contributed by atoms with Crippen molar-refractivity contribution in [3.63, 3.8) is 0 Å². The molecule has 0 aromatic carbocycles. The fraction of sp³-hybridized carbons (Fsp3) is 0.600. The van der Waals surface area contributed by atoms with Crippen molar-refractivity contribution < 1.29 is 13.6 Å². The van der Waals surface area contributed by atoms with Crippen LogP contribution >= 0.6 is 0 Å². The number of nitrogens with zero attached hydrogens (tertiary/aromatic N) is 2. The van der Waals surface area contributed by atoms with Gasteiger partial charge in [0.05, 0.1) is 19.1 Å². The molecule has 94 valence electrons. The maximum absolute atomic E-state index is 12.8. The Hall–Kier alpha value is -1.50. The minimum atomic E-state index is -2.77. The van der Waals surface area contributed by atoms with Gasteiger partial charge in [-0.3, -0.25) is 14.8 Å². The molecule has 1 amide bonds. The lowest BCUT2D eigenvalue weighted by Crippen LogP contribution is -2.41. The van der Waals surface area contributed by atoms with E-state index in [2.05, 4.69) is 15.7 Å². The van der Waals surface area contributed by atoms with Crippen molar-refractivity contribution in [3.05, 3.63) is 18.5 Å². The molecule has 5 nitrogen and oxygen atoms in total. The molecule has 1 atom stereocenters. The highest BCUT2D eigenvalue weighted by Crippen LogP contribution is 2.24. The van der Waals surface area contributed by atoms with E-state index in [0.29, 0.717) is 13.1 Å². The third kappa shape index (κ3) is 3.23. The van der Waals surface area contributed by atoms with Gasteiger partial charge in [-0.05, 0) is 6.07 Å². The molecule has 1 fully saturated rings. The number of amides is 1. The molecule has 2 heterocycles. The number of nitrogens with one attached hydrogen (secondary N) is 2. The quantitative estimate of drug-likeness (QED) is 0.783. The number of carbonyl (C=O) groups excluding carboxylic acids is 1. The van der Waals surface area contributed by atoms with Crippen LogP contribution in [0.25, 0.3) is 0 Å². The van der Waals surface area contributed by atoms with Gasteiger partial charge in [-0.15, -0.1) is 0 Å². The zero-order chi connectivity index (χ0) is 12.3. The van der Waals surface area contributed by atoms with Gasteiger partial charge >= 0.3 is 0 Å². The van der Waals surface area contributed by atoms with Crippen LogP contribution in [-0.2, 0) is 11.3 Å². The average Bonchev–Trinajstić information content (AvgIpc) is 2.87. The summed E-state index contributed by atoms with van der Waals surface area (Å²) in [6.45, 7) is 0.483. The molecular weight excluding hydrogens is 230 g/mol. The molecule has 2 N–H and O–H groups in total. The predicted octanol–water partition coefficient (Wildman–Crippen LogP) is -0.00350. The van der Waals surface area contributed by atoms with Crippen LogP contribution in [0.15, 0.2) is 18.5 Å². The van der Waals surface area contributed by atoms with E-state index in [9.17, 15) is 13.6 Å². The number of hydrogen-bond donors (Lipinski definition) is 2. The SMILES string of the molecule is O=C(NCCn1cccn1)C1CC(F)(F)CN1. The summed E-state index contributed by atoms with van der Waals surface area (Å²) in [6.07, 6.45) is 2.98. The lowest BCUT2D eigenvalue weighted by molar-refractivity contribution is -0.123. The highest BCUT2D eigenvalue weighted by atomic mass is 19.3. The van der Waals surface area contributed by atoms with Crippen molar-refractivity contribution in [1.29, 1.82) is 0 Å². The zero-order valence-electron chi connectivity index (χ0n) is 9.20. The number of aromatic nitrogens is 2. The molecule has 1 aliphatic heterocycles. The Kier molecular flexibility index (Phi) is 3.37. The average molecular weight is 244 g/mol. The summed E-state index contributed by atoms with van der Waals surface area (Å²) in [5, 5.41) is 9.07. The summed E-state index contributed by atoms with van der Waals surface area (Å²) in [5.74, 6) is -3.15. The van der Waals surface area contributed by atoms with E-state index in [1.807, 2.05) is 0 Å². The molecule has 0 radical (unpaired) electrons. The Morgan fingerprint density at radius 3 is 3.06 bits per heavy atom. The first-order valence-electron chi connectivity index (χ1n) is 5.43. The van der Waals surface area contributed by atoms with Crippen LogP contribution < -0.4 is 10.6 Å². The maximum Gasteiger partial charge on any atom is 0.262 e. The lowest BCUT2D eigenvalue weighted by atomic mass is 10.2. The third-order valence-corrected chi connectivity index (χ3v) is 2.63. The molecular formula is C10H14F2N4O. The van der Waals surface area contributed by atoms with Gasteiger partial charge < -0.3 is 5.32 Å². The monoisotopic (exact) mass is 244 g/mol. The summed E-state index contributed by atoms with van der Waals surface area (Å²) in [7, 11) is 0. The van der Waals surface area contributed by atoms with Crippen LogP contribution in [0.5, 0.6) is 0 Å². The van der Waals surface area contributed by atoms with Crippen LogP contribution in [0.1, 0.15) is 6.42 Å². The first kappa shape index (κ1) is 12.0. The second-order valence-corrected chi connectivity index (χ2v) is 4.05. The highest BCUT2D eigenvalue weighted by Gasteiger charge is 2.42. The van der Waals surface area contributed by atoms with Crippen molar-refractivity contribution in [2.45, 2.75) is 24.9 Å². The van der Waals surface area contributed by atoms with Crippen LogP contribution in [-0.4, -0.2) is 40.7 Å². The fourth-order valence-electron chi connectivity index (χ4n) is 1.75. The molecule has 1 unspecified atom stereocenters. The van der Waals surface area contributed by atoms with E-state index in [0.717, 1.165) is 0 Å². The second-order valence-electron chi connectivity index (χ2n) is 4.05. The second kappa shape index (κ2) is 4.79. The van der Waals surface area contributed by atoms with Crippen molar-refractivity contribution in [1.82, 2.24) is 20.4 Å². The first-order chi connectivity index (χ1) is 8.07. The van der Waals surface area contributed by atoms with Crippen molar-refractivity contribution in [2.75, 3.05) is 13.1 Å². The number of hydrogen-bond acceptors (Lipinski definition) is 3. The largest absolute Gasteiger partial charge is 0.353 e. The summed E-state index contributed by atoms with van der Waals surface area (Å²) in [6, 6.07) is 0.989. The van der Waals surface area contributed by atoms with E-state index in [4.69, 9.17) is 0 Å². The van der Waals surface area contributed by atoms with Gasteiger partial charge in [0.2, 0.25) is 5.91 Å². The van der Waals surface area contributed by atoms with E-state index >= 15 is 0 Å². The Bertz CT molecular complexity index is 380. The Balaban J connectivity index is 1.71. The van der Waals surface area contributed by atoms with Crippen LogP contribution in [0, 0.1) is 0 Å². The number of carbonyl (C=O) groups is 1. The molecule has 1 aliphatic rings. The van der Waals surface area contributed by atoms with E-state index in [1.54, 1.807) is 23.1 Å². The Morgan fingerprint density at radius 1 is 1.65 bits per heavy atom. The first-order valence-corrected chi connectivity index (χ1v) is 5.43. The lowest BCUT2D eigenvalue weighted by Gasteiger charge is -2.11. The summed E-state index contributed by atoms with van der Waals surface area (Å²) in [4.78, 5) is 11.5. The smallest absolute Gasteiger partial charge is 0.262 e. The molecule has 7 heteroatoms. The van der Waals surface area contributed by atoms with Crippen molar-refractivity contribution in [2.24, 2.45) is 0 Å². The Labute approximate surface area is 97.2 Å². The number of rotatable bonds is 4. The summed E-state index contributed by atoms with van der Waals surface area (Å²) < 4.78 is 27.4. The van der Waals surface area contributed by atoms with Gasteiger partial charge in [-0.25, -0.2) is 8.78 Å². The summed E-state index contributed by atoms with van der Waals surface area (Å²) >= 11 is 0. The molecule has 0 bridgehead atoms. The van der Waals surface area contributed by atoms with Gasteiger partial charge in [0.25, 0.3) is 5.92 Å². The predicted molar refractivity (Wildman–Crippen MR) is 56.6 cm³/mol. The standard InChI is InChI=1S/C10H14F2N4O/c11-10(12)6-8(14-7-10)9(17)13-3-5-16-4-1-2-15-16/h1-2,4,8,14H,3,5-7H2,(H,13,17). The number of alkyl halides is 2. The molecule has 1 saturated heterocycles. The molecule has 1 aromatic rings. The normalized spacial score (nSPS) is 22.6. The van der Waals surface area contributed by atoms with Crippen molar-refractivity contribution >= 4 is 5.91 Å². The third-order valence-electron chi connectivity index (χ3n) is 2.63. The highest BCUT2D eigenvalue weighted by molar-refractivity contribution is 5.82. The minimum absolute atomic E-state index is 0.379.